The lowest BCUT2D eigenvalue weighted by Crippen LogP contribution is -1.77. The molecule has 0 saturated heterocycles. The van der Waals surface area contributed by atoms with E-state index in [0.29, 0.717) is 0 Å². The number of benzene rings is 4. The van der Waals surface area contributed by atoms with Crippen molar-refractivity contribution in [3.8, 4) is 0 Å². The third-order valence-electron chi connectivity index (χ3n) is 4.10. The first-order valence-electron chi connectivity index (χ1n) is 7.29. The Hall–Kier alpha value is -2.16. The maximum Gasteiger partial charge on any atom is 0.0369 e. The molecule has 0 saturated carbocycles. The van der Waals surface area contributed by atoms with Crippen LogP contribution in [0.1, 0.15) is 0 Å². The zero-order chi connectivity index (χ0) is 14.5. The van der Waals surface area contributed by atoms with Gasteiger partial charge in [0.2, 0.25) is 0 Å². The Morgan fingerprint density at radius 3 is 1.05 bits per heavy atom. The highest BCUT2D eigenvalue weighted by molar-refractivity contribution is 7.29. The molecule has 0 fully saturated rings. The second-order valence-corrected chi connectivity index (χ2v) is 7.59. The number of hydrogen-bond acceptors (Lipinski definition) is 2. The van der Waals surface area contributed by atoms with E-state index in [1.165, 1.54) is 40.3 Å². The van der Waals surface area contributed by atoms with Crippen molar-refractivity contribution in [1.29, 1.82) is 0 Å². The van der Waals surface area contributed by atoms with Gasteiger partial charge in [0, 0.05) is 29.6 Å². The fourth-order valence-electron chi connectivity index (χ4n) is 3.12. The van der Waals surface area contributed by atoms with E-state index in [1.807, 2.05) is 22.7 Å². The molecule has 0 aliphatic rings. The summed E-state index contributed by atoms with van der Waals surface area (Å²) >= 11 is 3.78. The zero-order valence-electron chi connectivity index (χ0n) is 11.7. The van der Waals surface area contributed by atoms with Crippen molar-refractivity contribution in [3.63, 3.8) is 0 Å². The monoisotopic (exact) mass is 316 g/mol. The Balaban J connectivity index is 2.20. The van der Waals surface area contributed by atoms with Gasteiger partial charge in [-0.1, -0.05) is 48.5 Å². The van der Waals surface area contributed by atoms with Crippen LogP contribution in [-0.2, 0) is 0 Å². The molecule has 1 aromatic heterocycles. The van der Waals surface area contributed by atoms with Crippen LogP contribution in [0.5, 0.6) is 0 Å². The fraction of sp³-hybridized carbons (Fsp3) is 0. The molecule has 0 amide bonds. The van der Waals surface area contributed by atoms with Gasteiger partial charge in [-0.25, -0.2) is 0 Å². The highest BCUT2D eigenvalue weighted by Crippen LogP contribution is 2.37. The fourth-order valence-corrected chi connectivity index (χ4v) is 5.63. The van der Waals surface area contributed by atoms with Crippen molar-refractivity contribution in [3.05, 3.63) is 72.8 Å². The molecular formula is C20H12S2. The van der Waals surface area contributed by atoms with Gasteiger partial charge in [-0.15, -0.1) is 22.7 Å². The normalized spacial score (nSPS) is 11.6. The smallest absolute Gasteiger partial charge is 0.0369 e. The predicted octanol–water partition coefficient (Wildman–Crippen LogP) is 6.98. The van der Waals surface area contributed by atoms with Crippen molar-refractivity contribution in [2.45, 2.75) is 0 Å². The van der Waals surface area contributed by atoms with Crippen LogP contribution in [0.25, 0.3) is 40.3 Å². The molecule has 0 spiro atoms. The summed E-state index contributed by atoms with van der Waals surface area (Å²) in [5.41, 5.74) is 0. The molecule has 4 aromatic carbocycles. The van der Waals surface area contributed by atoms with Gasteiger partial charge in [0.05, 0.1) is 0 Å². The van der Waals surface area contributed by atoms with Crippen LogP contribution < -0.4 is 0 Å². The van der Waals surface area contributed by atoms with Crippen molar-refractivity contribution < 1.29 is 0 Å². The minimum atomic E-state index is 1.32. The van der Waals surface area contributed by atoms with Gasteiger partial charge in [-0.05, 0) is 35.0 Å². The molecule has 0 aliphatic heterocycles. The zero-order valence-corrected chi connectivity index (χ0v) is 13.4. The molecule has 0 bridgehead atoms. The molecule has 2 heteroatoms. The van der Waals surface area contributed by atoms with E-state index in [-0.39, 0.29) is 0 Å². The summed E-state index contributed by atoms with van der Waals surface area (Å²) in [7, 11) is 0. The van der Waals surface area contributed by atoms with Crippen LogP contribution in [0, 0.1) is 0 Å². The summed E-state index contributed by atoms with van der Waals surface area (Å²) in [5, 5.41) is 5.40. The molecule has 22 heavy (non-hydrogen) atoms. The molecule has 0 N–H and O–H groups in total. The van der Waals surface area contributed by atoms with Gasteiger partial charge in [-0.2, -0.15) is 0 Å². The van der Waals surface area contributed by atoms with E-state index in [4.69, 9.17) is 0 Å². The van der Waals surface area contributed by atoms with E-state index in [1.54, 1.807) is 0 Å². The van der Waals surface area contributed by atoms with Crippen LogP contribution in [0.4, 0.5) is 0 Å². The molecule has 5 aromatic rings. The third-order valence-corrected chi connectivity index (χ3v) is 6.34. The van der Waals surface area contributed by atoms with Gasteiger partial charge in [0.25, 0.3) is 0 Å². The lowest BCUT2D eigenvalue weighted by atomic mass is 10.1. The number of hydrogen-bond donors (Lipinski definition) is 0. The average Bonchev–Trinajstić information content (AvgIpc) is 2.54. The summed E-state index contributed by atoms with van der Waals surface area (Å²) < 4.78 is 5.40. The Labute approximate surface area is 135 Å². The highest BCUT2D eigenvalue weighted by atomic mass is 32.1. The van der Waals surface area contributed by atoms with Crippen LogP contribution in [-0.4, -0.2) is 0 Å². The molecule has 0 radical (unpaired) electrons. The molecule has 104 valence electrons. The first-order valence-corrected chi connectivity index (χ1v) is 8.93. The van der Waals surface area contributed by atoms with E-state index < -0.39 is 0 Å². The van der Waals surface area contributed by atoms with Gasteiger partial charge in [0.1, 0.15) is 0 Å². The van der Waals surface area contributed by atoms with Gasteiger partial charge in [-0.3, -0.25) is 0 Å². The lowest BCUT2D eigenvalue weighted by Gasteiger charge is -2.06. The third kappa shape index (κ3) is 1.75. The largest absolute Gasteiger partial charge is 0.135 e. The average molecular weight is 316 g/mol. The van der Waals surface area contributed by atoms with Crippen LogP contribution >= 0.6 is 22.7 Å². The van der Waals surface area contributed by atoms with E-state index in [2.05, 4.69) is 72.8 Å². The summed E-state index contributed by atoms with van der Waals surface area (Å²) in [6.07, 6.45) is 0. The van der Waals surface area contributed by atoms with Crippen molar-refractivity contribution in [2.24, 2.45) is 0 Å². The van der Waals surface area contributed by atoms with Crippen molar-refractivity contribution in [2.75, 3.05) is 0 Å². The Kier molecular flexibility index (Phi) is 2.63. The first kappa shape index (κ1) is 12.4. The van der Waals surface area contributed by atoms with Gasteiger partial charge in [0.15, 0.2) is 0 Å². The van der Waals surface area contributed by atoms with Crippen LogP contribution in [0.2, 0.25) is 0 Å². The molecular weight excluding hydrogens is 304 g/mol. The number of rotatable bonds is 0. The van der Waals surface area contributed by atoms with Crippen molar-refractivity contribution in [1.82, 2.24) is 0 Å². The minimum Gasteiger partial charge on any atom is -0.135 e. The molecule has 5 rings (SSSR count). The lowest BCUT2D eigenvalue weighted by molar-refractivity contribution is 1.84. The second kappa shape index (κ2) is 4.67. The Morgan fingerprint density at radius 2 is 0.727 bits per heavy atom. The van der Waals surface area contributed by atoms with E-state index in [0.717, 1.165) is 0 Å². The van der Waals surface area contributed by atoms with E-state index in [9.17, 15) is 0 Å². The summed E-state index contributed by atoms with van der Waals surface area (Å²) in [6, 6.07) is 26.4. The van der Waals surface area contributed by atoms with E-state index >= 15 is 0 Å². The predicted molar refractivity (Wildman–Crippen MR) is 101 cm³/mol. The minimum absolute atomic E-state index is 1.32. The maximum atomic E-state index is 2.24. The molecule has 1 heterocycles. The SMILES string of the molecule is c1cc2cccc3sc4cccc5cccc(sc(c1)c23)c54. The summed E-state index contributed by atoms with van der Waals surface area (Å²) in [5.74, 6) is 0. The molecule has 0 unspecified atom stereocenters. The molecule has 0 nitrogen and oxygen atoms in total. The topological polar surface area (TPSA) is 0 Å². The summed E-state index contributed by atoms with van der Waals surface area (Å²) in [4.78, 5) is 0. The summed E-state index contributed by atoms with van der Waals surface area (Å²) in [6.45, 7) is 0. The molecule has 0 aliphatic carbocycles. The van der Waals surface area contributed by atoms with Gasteiger partial charge >= 0.3 is 0 Å². The van der Waals surface area contributed by atoms with Crippen molar-refractivity contribution >= 4 is 63.0 Å². The van der Waals surface area contributed by atoms with Crippen LogP contribution in [0.3, 0.4) is 0 Å². The van der Waals surface area contributed by atoms with Gasteiger partial charge < -0.3 is 0 Å². The first-order chi connectivity index (χ1) is 10.9. The Bertz CT molecular complexity index is 999. The standard InChI is InChI=1S/C20H12S2/c1-5-13-6-2-10-16-19(13)15(9-1)21-17-11-3-7-14-8-4-12-18(22-16)20(14)17/h1-12H. The molecule has 0 atom stereocenters. The second-order valence-electron chi connectivity index (χ2n) is 5.42. The van der Waals surface area contributed by atoms with Crippen LogP contribution in [0.15, 0.2) is 72.8 Å². The Morgan fingerprint density at radius 1 is 0.409 bits per heavy atom. The maximum absolute atomic E-state index is 2.24. The quantitative estimate of drug-likeness (QED) is 0.289. The highest BCUT2D eigenvalue weighted by Gasteiger charge is 2.05.